The molecule has 0 aromatic carbocycles. The maximum absolute atomic E-state index is 13.0. The van der Waals surface area contributed by atoms with Gasteiger partial charge in [0.2, 0.25) is 11.8 Å². The Labute approximate surface area is 107 Å². The maximum Gasteiger partial charge on any atom is 0.248 e. The Kier molecular flexibility index (Phi) is 5.08. The van der Waals surface area contributed by atoms with E-state index in [9.17, 15) is 13.6 Å². The van der Waals surface area contributed by atoms with Gasteiger partial charge in [-0.1, -0.05) is 13.8 Å². The molecule has 2 N–H and O–H groups in total. The first kappa shape index (κ1) is 15.3. The molecule has 1 fully saturated rings. The molecule has 1 amide bonds. The third kappa shape index (κ3) is 4.88. The quantitative estimate of drug-likeness (QED) is 0.800. The molecular formula is C13H23F2NO2. The second-order valence-corrected chi connectivity index (χ2v) is 5.99. The Morgan fingerprint density at radius 1 is 1.39 bits per heavy atom. The number of aliphatic hydroxyl groups excluding tert-OH is 1. The average Bonchev–Trinajstić information content (AvgIpc) is 2.26. The van der Waals surface area contributed by atoms with Gasteiger partial charge in [0, 0.05) is 31.9 Å². The van der Waals surface area contributed by atoms with E-state index in [2.05, 4.69) is 5.32 Å². The molecule has 0 spiro atoms. The van der Waals surface area contributed by atoms with Crippen LogP contribution < -0.4 is 5.32 Å². The van der Waals surface area contributed by atoms with Gasteiger partial charge in [0.1, 0.15) is 0 Å². The molecule has 0 radical (unpaired) electrons. The third-order valence-corrected chi connectivity index (χ3v) is 3.62. The van der Waals surface area contributed by atoms with E-state index in [1.807, 2.05) is 13.8 Å². The van der Waals surface area contributed by atoms with Crippen LogP contribution in [0.25, 0.3) is 0 Å². The number of carbonyl (C=O) groups is 1. The van der Waals surface area contributed by atoms with E-state index in [0.717, 1.165) is 0 Å². The zero-order chi connectivity index (χ0) is 13.8. The predicted octanol–water partition coefficient (Wildman–Crippen LogP) is 2.34. The molecule has 0 aromatic rings. The van der Waals surface area contributed by atoms with Gasteiger partial charge >= 0.3 is 0 Å². The highest BCUT2D eigenvalue weighted by Crippen LogP contribution is 2.36. The Morgan fingerprint density at radius 2 is 1.94 bits per heavy atom. The Hall–Kier alpha value is -0.710. The summed E-state index contributed by atoms with van der Waals surface area (Å²) in [6.07, 6.45) is 0.755. The number of rotatable bonds is 5. The number of aliphatic hydroxyl groups is 1. The lowest BCUT2D eigenvalue weighted by Gasteiger charge is -2.29. The monoisotopic (exact) mass is 263 g/mol. The van der Waals surface area contributed by atoms with Gasteiger partial charge in [-0.2, -0.15) is 0 Å². The van der Waals surface area contributed by atoms with Gasteiger partial charge in [0.05, 0.1) is 0 Å². The van der Waals surface area contributed by atoms with Crippen LogP contribution in [0.2, 0.25) is 0 Å². The third-order valence-electron chi connectivity index (χ3n) is 3.62. The SMILES string of the molecule is CC(C)(CCO)CNC(=O)C1CCC(F)(F)CC1. The highest BCUT2D eigenvalue weighted by atomic mass is 19.3. The molecule has 0 atom stereocenters. The van der Waals surface area contributed by atoms with Crippen LogP contribution in [0.3, 0.4) is 0 Å². The smallest absolute Gasteiger partial charge is 0.248 e. The van der Waals surface area contributed by atoms with Crippen LogP contribution in [-0.2, 0) is 4.79 Å². The predicted molar refractivity (Wildman–Crippen MR) is 65.4 cm³/mol. The van der Waals surface area contributed by atoms with Crippen molar-refractivity contribution in [2.45, 2.75) is 51.9 Å². The summed E-state index contributed by atoms with van der Waals surface area (Å²) >= 11 is 0. The van der Waals surface area contributed by atoms with Gasteiger partial charge in [-0.05, 0) is 24.7 Å². The summed E-state index contributed by atoms with van der Waals surface area (Å²) < 4.78 is 25.9. The van der Waals surface area contributed by atoms with E-state index < -0.39 is 5.92 Å². The molecule has 0 heterocycles. The molecule has 3 nitrogen and oxygen atoms in total. The molecule has 1 aliphatic rings. The second-order valence-electron chi connectivity index (χ2n) is 5.99. The molecule has 5 heteroatoms. The van der Waals surface area contributed by atoms with E-state index in [1.54, 1.807) is 0 Å². The number of amides is 1. The summed E-state index contributed by atoms with van der Waals surface area (Å²) in [5, 5.41) is 11.7. The standard InChI is InChI=1S/C13H23F2NO2/c1-12(2,7-8-17)9-16-11(18)10-3-5-13(14,15)6-4-10/h10,17H,3-9H2,1-2H3,(H,16,18). The van der Waals surface area contributed by atoms with E-state index in [-0.39, 0.29) is 49.5 Å². The first-order valence-corrected chi connectivity index (χ1v) is 6.52. The fourth-order valence-electron chi connectivity index (χ4n) is 2.16. The fraction of sp³-hybridized carbons (Fsp3) is 0.923. The number of halogens is 2. The second kappa shape index (κ2) is 5.95. The lowest BCUT2D eigenvalue weighted by molar-refractivity contribution is -0.129. The zero-order valence-electron chi connectivity index (χ0n) is 11.1. The lowest BCUT2D eigenvalue weighted by atomic mass is 9.85. The van der Waals surface area contributed by atoms with Crippen molar-refractivity contribution in [3.05, 3.63) is 0 Å². The van der Waals surface area contributed by atoms with Gasteiger partial charge in [0.15, 0.2) is 0 Å². The first-order valence-electron chi connectivity index (χ1n) is 6.52. The minimum Gasteiger partial charge on any atom is -0.396 e. The van der Waals surface area contributed by atoms with Crippen molar-refractivity contribution in [3.8, 4) is 0 Å². The molecule has 1 aliphatic carbocycles. The number of hydrogen-bond donors (Lipinski definition) is 2. The Balaban J connectivity index is 2.34. The van der Waals surface area contributed by atoms with Crippen LogP contribution in [-0.4, -0.2) is 30.1 Å². The Morgan fingerprint density at radius 3 is 2.44 bits per heavy atom. The summed E-state index contributed by atoms with van der Waals surface area (Å²) in [5.41, 5.74) is -0.164. The minimum absolute atomic E-state index is 0.0819. The number of hydrogen-bond acceptors (Lipinski definition) is 2. The van der Waals surface area contributed by atoms with Crippen LogP contribution in [0.1, 0.15) is 46.0 Å². The number of carbonyl (C=O) groups excluding carboxylic acids is 1. The zero-order valence-corrected chi connectivity index (χ0v) is 11.1. The maximum atomic E-state index is 13.0. The normalized spacial score (nSPS) is 20.7. The number of alkyl halides is 2. The lowest BCUT2D eigenvalue weighted by Crippen LogP contribution is -2.40. The molecule has 18 heavy (non-hydrogen) atoms. The van der Waals surface area contributed by atoms with Gasteiger partial charge < -0.3 is 10.4 Å². The molecule has 0 bridgehead atoms. The summed E-state index contributed by atoms with van der Waals surface area (Å²) in [5.74, 6) is -3.00. The van der Waals surface area contributed by atoms with Crippen molar-refractivity contribution in [3.63, 3.8) is 0 Å². The molecule has 106 valence electrons. The van der Waals surface area contributed by atoms with Gasteiger partial charge in [-0.15, -0.1) is 0 Å². The minimum atomic E-state index is -2.59. The molecular weight excluding hydrogens is 240 g/mol. The molecule has 0 aliphatic heterocycles. The molecule has 0 unspecified atom stereocenters. The van der Waals surface area contributed by atoms with Gasteiger partial charge in [-0.3, -0.25) is 4.79 Å². The molecule has 1 saturated carbocycles. The van der Waals surface area contributed by atoms with Crippen molar-refractivity contribution in [1.29, 1.82) is 0 Å². The largest absolute Gasteiger partial charge is 0.396 e. The van der Waals surface area contributed by atoms with Crippen LogP contribution in [0.4, 0.5) is 8.78 Å². The van der Waals surface area contributed by atoms with Crippen molar-refractivity contribution >= 4 is 5.91 Å². The fourth-order valence-corrected chi connectivity index (χ4v) is 2.16. The van der Waals surface area contributed by atoms with Crippen molar-refractivity contribution in [2.75, 3.05) is 13.2 Å². The highest BCUT2D eigenvalue weighted by molar-refractivity contribution is 5.78. The average molecular weight is 263 g/mol. The summed E-state index contributed by atoms with van der Waals surface area (Å²) in [6.45, 7) is 4.47. The van der Waals surface area contributed by atoms with E-state index >= 15 is 0 Å². The molecule has 1 rings (SSSR count). The Bertz CT molecular complexity index is 283. The summed E-state index contributed by atoms with van der Waals surface area (Å²) in [4.78, 5) is 11.8. The van der Waals surface area contributed by atoms with Crippen molar-refractivity contribution in [2.24, 2.45) is 11.3 Å². The molecule has 0 saturated heterocycles. The topological polar surface area (TPSA) is 49.3 Å². The van der Waals surface area contributed by atoms with Gasteiger partial charge in [0.25, 0.3) is 0 Å². The highest BCUT2D eigenvalue weighted by Gasteiger charge is 2.37. The van der Waals surface area contributed by atoms with E-state index in [0.29, 0.717) is 13.0 Å². The summed E-state index contributed by atoms with van der Waals surface area (Å²) in [6, 6.07) is 0. The van der Waals surface area contributed by atoms with E-state index in [1.165, 1.54) is 0 Å². The van der Waals surface area contributed by atoms with Crippen LogP contribution >= 0.6 is 0 Å². The van der Waals surface area contributed by atoms with Crippen LogP contribution in [0, 0.1) is 11.3 Å². The summed E-state index contributed by atoms with van der Waals surface area (Å²) in [7, 11) is 0. The van der Waals surface area contributed by atoms with Gasteiger partial charge in [-0.25, -0.2) is 8.78 Å². The van der Waals surface area contributed by atoms with Crippen molar-refractivity contribution < 1.29 is 18.7 Å². The first-order chi connectivity index (χ1) is 8.26. The molecule has 0 aromatic heterocycles. The number of nitrogens with one attached hydrogen (secondary N) is 1. The van der Waals surface area contributed by atoms with Crippen molar-refractivity contribution in [1.82, 2.24) is 5.32 Å². The van der Waals surface area contributed by atoms with Crippen LogP contribution in [0.5, 0.6) is 0 Å². The van der Waals surface area contributed by atoms with E-state index in [4.69, 9.17) is 5.11 Å². The van der Waals surface area contributed by atoms with Crippen LogP contribution in [0.15, 0.2) is 0 Å².